The van der Waals surface area contributed by atoms with Gasteiger partial charge in [-0.15, -0.1) is 11.6 Å². The van der Waals surface area contributed by atoms with Crippen LogP contribution >= 0.6 is 11.6 Å². The highest BCUT2D eigenvalue weighted by molar-refractivity contribution is 6.21. The Morgan fingerprint density at radius 1 is 1.37 bits per heavy atom. The average Bonchev–Trinajstić information content (AvgIpc) is 2.32. The molecule has 1 amide bonds. The van der Waals surface area contributed by atoms with Gasteiger partial charge in [0.1, 0.15) is 17.2 Å². The molecule has 5 heteroatoms. The molecule has 0 saturated carbocycles. The van der Waals surface area contributed by atoms with E-state index in [0.29, 0.717) is 19.5 Å². The third-order valence-electron chi connectivity index (χ3n) is 3.56. The summed E-state index contributed by atoms with van der Waals surface area (Å²) in [4.78, 5) is 13.7. The van der Waals surface area contributed by atoms with Gasteiger partial charge in [0.05, 0.1) is 0 Å². The molecule has 0 radical (unpaired) electrons. The fraction of sp³-hybridized carbons (Fsp3) is 0.500. The van der Waals surface area contributed by atoms with Crippen molar-refractivity contribution in [3.05, 3.63) is 35.4 Å². The third kappa shape index (κ3) is 2.73. The van der Waals surface area contributed by atoms with Crippen molar-refractivity contribution >= 4 is 17.5 Å². The Bertz CT molecular complexity index is 484. The number of alkyl halides is 1. The van der Waals surface area contributed by atoms with Gasteiger partial charge in [-0.3, -0.25) is 4.79 Å². The van der Waals surface area contributed by atoms with E-state index in [1.807, 2.05) is 13.8 Å². The molecule has 1 fully saturated rings. The number of amides is 1. The van der Waals surface area contributed by atoms with Crippen LogP contribution in [0.25, 0.3) is 0 Å². The van der Waals surface area contributed by atoms with Crippen LogP contribution in [0, 0.1) is 17.0 Å². The van der Waals surface area contributed by atoms with E-state index in [1.165, 1.54) is 11.0 Å². The number of nitrogens with zero attached hydrogens (tertiary/aromatic N) is 1. The molecule has 0 aromatic heterocycles. The second kappa shape index (κ2) is 5.08. The first-order chi connectivity index (χ1) is 8.83. The molecule has 2 rings (SSSR count). The van der Waals surface area contributed by atoms with Crippen molar-refractivity contribution in [1.29, 1.82) is 0 Å². The first-order valence-electron chi connectivity index (χ1n) is 6.20. The maximum absolute atomic E-state index is 13.6. The van der Waals surface area contributed by atoms with Gasteiger partial charge in [0.25, 0.3) is 5.91 Å². The van der Waals surface area contributed by atoms with E-state index in [4.69, 9.17) is 11.6 Å². The van der Waals surface area contributed by atoms with Gasteiger partial charge in [0.15, 0.2) is 0 Å². The Balaban J connectivity index is 2.26. The molecule has 1 aromatic rings. The molecule has 1 saturated heterocycles. The van der Waals surface area contributed by atoms with Crippen LogP contribution < -0.4 is 0 Å². The van der Waals surface area contributed by atoms with Gasteiger partial charge in [-0.25, -0.2) is 8.78 Å². The standard InChI is InChI=1S/C14H16ClF2NO/c1-14(2)8-18(7-6-11(14)15)13(19)12-9(16)4-3-5-10(12)17/h3-5,11H,6-8H2,1-2H3. The minimum Gasteiger partial charge on any atom is -0.338 e. The summed E-state index contributed by atoms with van der Waals surface area (Å²) in [5, 5.41) is -0.0398. The van der Waals surface area contributed by atoms with Crippen molar-refractivity contribution in [1.82, 2.24) is 4.90 Å². The molecule has 19 heavy (non-hydrogen) atoms. The molecule has 0 aliphatic carbocycles. The molecule has 2 nitrogen and oxygen atoms in total. The van der Waals surface area contributed by atoms with Gasteiger partial charge in [-0.05, 0) is 24.0 Å². The number of halogens is 3. The van der Waals surface area contributed by atoms with Gasteiger partial charge >= 0.3 is 0 Å². The molecular formula is C14H16ClF2NO. The van der Waals surface area contributed by atoms with Crippen LogP contribution in [-0.4, -0.2) is 29.3 Å². The molecule has 1 aliphatic rings. The van der Waals surface area contributed by atoms with Gasteiger partial charge in [-0.2, -0.15) is 0 Å². The summed E-state index contributed by atoms with van der Waals surface area (Å²) in [6.45, 7) is 4.71. The minimum absolute atomic E-state index is 0.0398. The lowest BCUT2D eigenvalue weighted by Gasteiger charge is -2.41. The predicted octanol–water partition coefficient (Wildman–Crippen LogP) is 3.44. The maximum atomic E-state index is 13.6. The molecule has 0 N–H and O–H groups in total. The molecular weight excluding hydrogens is 272 g/mol. The van der Waals surface area contributed by atoms with Crippen molar-refractivity contribution in [3.63, 3.8) is 0 Å². The quantitative estimate of drug-likeness (QED) is 0.725. The summed E-state index contributed by atoms with van der Waals surface area (Å²) < 4.78 is 27.2. The Labute approximate surface area is 116 Å². The molecule has 0 spiro atoms. The van der Waals surface area contributed by atoms with Gasteiger partial charge in [0.2, 0.25) is 0 Å². The number of hydrogen-bond donors (Lipinski definition) is 0. The van der Waals surface area contributed by atoms with Gasteiger partial charge in [0, 0.05) is 18.5 Å². The maximum Gasteiger partial charge on any atom is 0.259 e. The van der Waals surface area contributed by atoms with Gasteiger partial charge in [-0.1, -0.05) is 19.9 Å². The lowest BCUT2D eigenvalue weighted by Crippen LogP contribution is -2.49. The van der Waals surface area contributed by atoms with Gasteiger partial charge < -0.3 is 4.90 Å². The first kappa shape index (κ1) is 14.3. The number of piperidine rings is 1. The fourth-order valence-corrected chi connectivity index (χ4v) is 2.53. The zero-order chi connectivity index (χ0) is 14.2. The number of carbonyl (C=O) groups excluding carboxylic acids is 1. The van der Waals surface area contributed by atoms with Crippen molar-refractivity contribution < 1.29 is 13.6 Å². The number of likely N-dealkylation sites (tertiary alicyclic amines) is 1. The lowest BCUT2D eigenvalue weighted by molar-refractivity contribution is 0.0583. The highest BCUT2D eigenvalue weighted by Gasteiger charge is 2.37. The second-order valence-electron chi connectivity index (χ2n) is 5.57. The Morgan fingerprint density at radius 3 is 2.47 bits per heavy atom. The zero-order valence-corrected chi connectivity index (χ0v) is 11.7. The topological polar surface area (TPSA) is 20.3 Å². The van der Waals surface area contributed by atoms with E-state index >= 15 is 0 Å². The van der Waals surface area contributed by atoms with E-state index < -0.39 is 23.1 Å². The molecule has 1 aliphatic heterocycles. The summed E-state index contributed by atoms with van der Waals surface area (Å²) in [7, 11) is 0. The smallest absolute Gasteiger partial charge is 0.259 e. The average molecular weight is 288 g/mol. The molecule has 1 unspecified atom stereocenters. The SMILES string of the molecule is CC1(C)CN(C(=O)c2c(F)cccc2F)CCC1Cl. The molecule has 0 bridgehead atoms. The summed E-state index contributed by atoms with van der Waals surface area (Å²) in [6, 6.07) is 3.43. The van der Waals surface area contributed by atoms with Crippen LogP contribution in [0.4, 0.5) is 8.78 Å². The molecule has 104 valence electrons. The van der Waals surface area contributed by atoms with E-state index in [-0.39, 0.29) is 10.8 Å². The summed E-state index contributed by atoms with van der Waals surface area (Å²) in [5.41, 5.74) is -0.747. The van der Waals surface area contributed by atoms with Crippen molar-refractivity contribution in [3.8, 4) is 0 Å². The minimum atomic E-state index is -0.823. The zero-order valence-electron chi connectivity index (χ0n) is 10.9. The monoisotopic (exact) mass is 287 g/mol. The molecule has 1 atom stereocenters. The van der Waals surface area contributed by atoms with Crippen molar-refractivity contribution in [2.45, 2.75) is 25.6 Å². The Morgan fingerprint density at radius 2 is 1.95 bits per heavy atom. The van der Waals surface area contributed by atoms with Crippen molar-refractivity contribution in [2.75, 3.05) is 13.1 Å². The second-order valence-corrected chi connectivity index (χ2v) is 6.09. The van der Waals surface area contributed by atoms with E-state index in [0.717, 1.165) is 12.1 Å². The van der Waals surface area contributed by atoms with Crippen LogP contribution in [0.15, 0.2) is 18.2 Å². The number of hydrogen-bond acceptors (Lipinski definition) is 1. The Kier molecular flexibility index (Phi) is 3.81. The molecule has 1 aromatic carbocycles. The van der Waals surface area contributed by atoms with Crippen molar-refractivity contribution in [2.24, 2.45) is 5.41 Å². The normalized spacial score (nSPS) is 22.4. The van der Waals surface area contributed by atoms with Crippen LogP contribution in [-0.2, 0) is 0 Å². The highest BCUT2D eigenvalue weighted by Crippen LogP contribution is 2.34. The largest absolute Gasteiger partial charge is 0.338 e. The number of rotatable bonds is 1. The number of carbonyl (C=O) groups is 1. The van der Waals surface area contributed by atoms with Crippen LogP contribution in [0.5, 0.6) is 0 Å². The summed E-state index contributed by atoms with van der Waals surface area (Å²) >= 11 is 6.20. The van der Waals surface area contributed by atoms with Crippen LogP contribution in [0.2, 0.25) is 0 Å². The third-order valence-corrected chi connectivity index (χ3v) is 4.37. The van der Waals surface area contributed by atoms with Crippen LogP contribution in [0.3, 0.4) is 0 Å². The fourth-order valence-electron chi connectivity index (χ4n) is 2.36. The highest BCUT2D eigenvalue weighted by atomic mass is 35.5. The summed E-state index contributed by atoms with van der Waals surface area (Å²) in [6.07, 6.45) is 0.621. The first-order valence-corrected chi connectivity index (χ1v) is 6.64. The van der Waals surface area contributed by atoms with E-state index in [9.17, 15) is 13.6 Å². The Hall–Kier alpha value is -1.16. The van der Waals surface area contributed by atoms with E-state index in [2.05, 4.69) is 0 Å². The number of benzene rings is 1. The van der Waals surface area contributed by atoms with E-state index in [1.54, 1.807) is 0 Å². The lowest BCUT2D eigenvalue weighted by atomic mass is 9.83. The molecule has 1 heterocycles. The predicted molar refractivity (Wildman–Crippen MR) is 70.3 cm³/mol. The van der Waals surface area contributed by atoms with Crippen LogP contribution in [0.1, 0.15) is 30.6 Å². The summed E-state index contributed by atoms with van der Waals surface area (Å²) in [5.74, 6) is -2.25.